The number of furan rings is 1. The molecule has 4 aromatic rings. The van der Waals surface area contributed by atoms with Crippen molar-refractivity contribution >= 4 is 34.2 Å². The maximum atomic E-state index is 12.9. The van der Waals surface area contributed by atoms with Gasteiger partial charge in [-0.2, -0.15) is 0 Å². The van der Waals surface area contributed by atoms with E-state index in [1.54, 1.807) is 30.5 Å². The van der Waals surface area contributed by atoms with Crippen LogP contribution in [0.3, 0.4) is 0 Å². The molecule has 0 saturated carbocycles. The molecular weight excluding hydrogens is 430 g/mol. The number of benzene rings is 2. The number of fused-ring (bicyclic) bond motifs is 1. The van der Waals surface area contributed by atoms with Crippen LogP contribution in [0.1, 0.15) is 29.6 Å². The highest BCUT2D eigenvalue weighted by atomic mass is 16.5. The zero-order valence-electron chi connectivity index (χ0n) is 18.7. The highest BCUT2D eigenvalue weighted by molar-refractivity contribution is 6.05. The number of hydrogen-bond donors (Lipinski definition) is 1. The number of carbonyl (C=O) groups is 2. The number of anilines is 2. The van der Waals surface area contributed by atoms with Gasteiger partial charge in [0, 0.05) is 29.9 Å². The highest BCUT2D eigenvalue weighted by Gasteiger charge is 2.18. The van der Waals surface area contributed by atoms with Crippen LogP contribution in [0.15, 0.2) is 77.4 Å². The Morgan fingerprint density at radius 1 is 0.971 bits per heavy atom. The molecule has 7 heteroatoms. The standard InChI is InChI=1S/C27H25N3O4/c31-26(28-19-10-12-20(13-11-19)30-14-4-1-5-15-30)18-34-27(32)22-17-24(25-9-6-16-33-25)29-23-8-3-2-7-21(22)23/h2-3,6-13,16-17H,1,4-5,14-15,18H2,(H,28,31). The number of hydrogen-bond acceptors (Lipinski definition) is 6. The lowest BCUT2D eigenvalue weighted by Gasteiger charge is -2.28. The Morgan fingerprint density at radius 2 is 1.76 bits per heavy atom. The Bertz CT molecular complexity index is 1290. The number of ether oxygens (including phenoxy) is 1. The fourth-order valence-electron chi connectivity index (χ4n) is 4.21. The van der Waals surface area contributed by atoms with Crippen molar-refractivity contribution in [3.63, 3.8) is 0 Å². The Kier molecular flexibility index (Phi) is 6.25. The molecule has 172 valence electrons. The Labute approximate surface area is 197 Å². The van der Waals surface area contributed by atoms with Gasteiger partial charge in [-0.15, -0.1) is 0 Å². The van der Waals surface area contributed by atoms with Gasteiger partial charge >= 0.3 is 5.97 Å². The average molecular weight is 456 g/mol. The first-order chi connectivity index (χ1) is 16.7. The van der Waals surface area contributed by atoms with Crippen molar-refractivity contribution < 1.29 is 18.7 Å². The average Bonchev–Trinajstić information content (AvgIpc) is 3.43. The van der Waals surface area contributed by atoms with E-state index in [2.05, 4.69) is 15.2 Å². The van der Waals surface area contributed by atoms with E-state index in [-0.39, 0.29) is 6.61 Å². The summed E-state index contributed by atoms with van der Waals surface area (Å²) in [5.41, 5.74) is 3.31. The summed E-state index contributed by atoms with van der Waals surface area (Å²) < 4.78 is 10.8. The third kappa shape index (κ3) is 4.78. The number of nitrogens with zero attached hydrogens (tertiary/aromatic N) is 2. The van der Waals surface area contributed by atoms with E-state index < -0.39 is 11.9 Å². The predicted molar refractivity (Wildman–Crippen MR) is 131 cm³/mol. The molecule has 0 unspecified atom stereocenters. The Balaban J connectivity index is 1.25. The summed E-state index contributed by atoms with van der Waals surface area (Å²) in [7, 11) is 0. The smallest absolute Gasteiger partial charge is 0.339 e. The van der Waals surface area contributed by atoms with Crippen molar-refractivity contribution in [3.05, 3.63) is 78.6 Å². The minimum absolute atomic E-state index is 0.329. The molecule has 34 heavy (non-hydrogen) atoms. The SMILES string of the molecule is O=C(COC(=O)c1cc(-c2ccco2)nc2ccccc12)Nc1ccc(N2CCCCC2)cc1. The van der Waals surface area contributed by atoms with E-state index in [0.29, 0.717) is 33.6 Å². The molecule has 0 bridgehead atoms. The number of para-hydroxylation sites is 1. The van der Waals surface area contributed by atoms with Crippen molar-refractivity contribution in [1.29, 1.82) is 0 Å². The summed E-state index contributed by atoms with van der Waals surface area (Å²) in [5.74, 6) is -0.448. The minimum Gasteiger partial charge on any atom is -0.463 e. The number of pyridine rings is 1. The van der Waals surface area contributed by atoms with E-state index in [1.165, 1.54) is 19.3 Å². The second kappa shape index (κ2) is 9.79. The van der Waals surface area contributed by atoms with Gasteiger partial charge in [0.25, 0.3) is 5.91 Å². The maximum Gasteiger partial charge on any atom is 0.339 e. The number of piperidine rings is 1. The fraction of sp³-hybridized carbons (Fsp3) is 0.222. The topological polar surface area (TPSA) is 84.7 Å². The van der Waals surface area contributed by atoms with Crippen LogP contribution < -0.4 is 10.2 Å². The maximum absolute atomic E-state index is 12.9. The first kappa shape index (κ1) is 21.7. The second-order valence-corrected chi connectivity index (χ2v) is 8.27. The first-order valence-electron chi connectivity index (χ1n) is 11.4. The number of amides is 1. The van der Waals surface area contributed by atoms with Crippen LogP contribution in [0.25, 0.3) is 22.4 Å². The van der Waals surface area contributed by atoms with Crippen molar-refractivity contribution in [2.75, 3.05) is 29.9 Å². The molecule has 0 atom stereocenters. The third-order valence-electron chi connectivity index (χ3n) is 5.92. The number of aromatic nitrogens is 1. The van der Waals surface area contributed by atoms with Crippen LogP contribution in [0.4, 0.5) is 11.4 Å². The molecule has 1 aliphatic rings. The summed E-state index contributed by atoms with van der Waals surface area (Å²) in [6.07, 6.45) is 5.25. The fourth-order valence-corrected chi connectivity index (χ4v) is 4.21. The highest BCUT2D eigenvalue weighted by Crippen LogP contribution is 2.26. The molecule has 3 heterocycles. The number of nitrogens with one attached hydrogen (secondary N) is 1. The van der Waals surface area contributed by atoms with Gasteiger partial charge in [0.05, 0.1) is 17.3 Å². The monoisotopic (exact) mass is 455 g/mol. The van der Waals surface area contributed by atoms with Crippen LogP contribution in [0.5, 0.6) is 0 Å². The van der Waals surface area contributed by atoms with E-state index in [0.717, 1.165) is 18.8 Å². The molecular formula is C27H25N3O4. The lowest BCUT2D eigenvalue weighted by Crippen LogP contribution is -2.29. The van der Waals surface area contributed by atoms with Gasteiger partial charge in [0.1, 0.15) is 5.69 Å². The van der Waals surface area contributed by atoms with Gasteiger partial charge in [0.2, 0.25) is 0 Å². The first-order valence-corrected chi connectivity index (χ1v) is 11.4. The molecule has 5 rings (SSSR count). The van der Waals surface area contributed by atoms with Gasteiger partial charge in [-0.25, -0.2) is 9.78 Å². The zero-order chi connectivity index (χ0) is 23.3. The minimum atomic E-state index is -0.595. The molecule has 7 nitrogen and oxygen atoms in total. The second-order valence-electron chi connectivity index (χ2n) is 8.27. The van der Waals surface area contributed by atoms with Crippen LogP contribution in [-0.2, 0) is 9.53 Å². The third-order valence-corrected chi connectivity index (χ3v) is 5.92. The molecule has 2 aromatic heterocycles. The summed E-state index contributed by atoms with van der Waals surface area (Å²) in [6.45, 7) is 1.74. The van der Waals surface area contributed by atoms with Crippen LogP contribution >= 0.6 is 0 Å². The van der Waals surface area contributed by atoms with Gasteiger partial charge in [-0.3, -0.25) is 4.79 Å². The molecule has 2 aromatic carbocycles. The summed E-state index contributed by atoms with van der Waals surface area (Å²) in [5, 5.41) is 3.44. The molecule has 0 spiro atoms. The lowest BCUT2D eigenvalue weighted by atomic mass is 10.1. The summed E-state index contributed by atoms with van der Waals surface area (Å²) >= 11 is 0. The van der Waals surface area contributed by atoms with Crippen LogP contribution in [0, 0.1) is 0 Å². The number of esters is 1. The van der Waals surface area contributed by atoms with E-state index in [4.69, 9.17) is 9.15 Å². The van der Waals surface area contributed by atoms with E-state index in [9.17, 15) is 9.59 Å². The molecule has 0 aliphatic carbocycles. The Morgan fingerprint density at radius 3 is 2.53 bits per heavy atom. The predicted octanol–water partition coefficient (Wildman–Crippen LogP) is 5.28. The largest absolute Gasteiger partial charge is 0.463 e. The van der Waals surface area contributed by atoms with Crippen molar-refractivity contribution in [1.82, 2.24) is 4.98 Å². The quantitative estimate of drug-likeness (QED) is 0.398. The van der Waals surface area contributed by atoms with Crippen LogP contribution in [0.2, 0.25) is 0 Å². The van der Waals surface area contributed by atoms with Gasteiger partial charge in [0.15, 0.2) is 12.4 Å². The van der Waals surface area contributed by atoms with E-state index in [1.807, 2.05) is 42.5 Å². The molecule has 0 radical (unpaired) electrons. The van der Waals surface area contributed by atoms with Crippen molar-refractivity contribution in [2.24, 2.45) is 0 Å². The summed E-state index contributed by atoms with van der Waals surface area (Å²) in [4.78, 5) is 32.2. The molecule has 1 amide bonds. The molecule has 1 saturated heterocycles. The zero-order valence-corrected chi connectivity index (χ0v) is 18.7. The van der Waals surface area contributed by atoms with Gasteiger partial charge in [-0.1, -0.05) is 18.2 Å². The van der Waals surface area contributed by atoms with Gasteiger partial charge < -0.3 is 19.4 Å². The molecule has 1 N–H and O–H groups in total. The van der Waals surface area contributed by atoms with Crippen molar-refractivity contribution in [2.45, 2.75) is 19.3 Å². The van der Waals surface area contributed by atoms with Gasteiger partial charge in [-0.05, 0) is 67.8 Å². The van der Waals surface area contributed by atoms with Crippen LogP contribution in [-0.4, -0.2) is 36.6 Å². The lowest BCUT2D eigenvalue weighted by molar-refractivity contribution is -0.119. The van der Waals surface area contributed by atoms with Crippen molar-refractivity contribution in [3.8, 4) is 11.5 Å². The molecule has 1 aliphatic heterocycles. The van der Waals surface area contributed by atoms with E-state index >= 15 is 0 Å². The normalized spacial score (nSPS) is 13.6. The Hall–Kier alpha value is -4.13. The summed E-state index contributed by atoms with van der Waals surface area (Å²) in [6, 6.07) is 20.2. The molecule has 1 fully saturated rings. The number of rotatable bonds is 6. The number of carbonyl (C=O) groups excluding carboxylic acids is 2.